The molecule has 5 heteroatoms. The fraction of sp³-hybridized carbons (Fsp3) is 0. The molecule has 1 aromatic heterocycles. The molecule has 0 saturated carbocycles. The van der Waals surface area contributed by atoms with Crippen LogP contribution in [0.25, 0.3) is 11.0 Å². The molecule has 11 heavy (non-hydrogen) atoms. The van der Waals surface area contributed by atoms with E-state index >= 15 is 0 Å². The summed E-state index contributed by atoms with van der Waals surface area (Å²) in [6.07, 6.45) is 0. The van der Waals surface area contributed by atoms with Crippen molar-refractivity contribution in [1.29, 1.82) is 0 Å². The van der Waals surface area contributed by atoms with Crippen LogP contribution < -0.4 is 0 Å². The molecule has 1 aromatic carbocycles. The van der Waals surface area contributed by atoms with Crippen LogP contribution in [0.15, 0.2) is 24.3 Å². The Morgan fingerprint density at radius 1 is 1.36 bits per heavy atom. The Hall–Kier alpha value is -1.62. The molecule has 0 spiro atoms. The molecule has 58 valence electrons. The van der Waals surface area contributed by atoms with Crippen molar-refractivity contribution in [3.8, 4) is 0 Å². The fourth-order valence-corrected chi connectivity index (χ4v) is 0.857. The third-order valence-corrected chi connectivity index (χ3v) is 1.33. The highest BCUT2D eigenvalue weighted by Gasteiger charge is 1.98. The number of aromatic nitrogens is 3. The summed E-state index contributed by atoms with van der Waals surface area (Å²) in [6.45, 7) is 0. The van der Waals surface area contributed by atoms with Gasteiger partial charge >= 0.3 is 1.43 Å². The summed E-state index contributed by atoms with van der Waals surface area (Å²) >= 11 is 0. The summed E-state index contributed by atoms with van der Waals surface area (Å²) in [5.41, 5.74) is 1.33. The summed E-state index contributed by atoms with van der Waals surface area (Å²) in [5.74, 6) is 0. The van der Waals surface area contributed by atoms with Crippen LogP contribution in [0.2, 0.25) is 0 Å². The number of fused-ring (bicyclic) bond motifs is 1. The Balaban J connectivity index is 0.000000605. The highest BCUT2D eigenvalue weighted by molar-refractivity contribution is 5.73. The number of nitrogens with zero attached hydrogens (tertiary/aromatic N) is 3. The van der Waals surface area contributed by atoms with Crippen molar-refractivity contribution in [2.75, 3.05) is 0 Å². The Morgan fingerprint density at radius 2 is 2.09 bits per heavy atom. The van der Waals surface area contributed by atoms with Crippen LogP contribution in [-0.2, 0) is 0 Å². The van der Waals surface area contributed by atoms with Crippen molar-refractivity contribution in [1.82, 2.24) is 15.2 Å². The molecule has 0 saturated heterocycles. The van der Waals surface area contributed by atoms with Gasteiger partial charge in [-0.15, -0.1) is 5.10 Å². The molecule has 2 rings (SSSR count). The summed E-state index contributed by atoms with van der Waals surface area (Å²) in [4.78, 5) is 0.759. The average molecular weight is 154 g/mol. The molecule has 0 unspecified atom stereocenters. The van der Waals surface area contributed by atoms with Gasteiger partial charge in [0.15, 0.2) is 0 Å². The Labute approximate surface area is 63.6 Å². The molecule has 5 nitrogen and oxygen atoms in total. The van der Waals surface area contributed by atoms with Crippen LogP contribution in [0.3, 0.4) is 0 Å². The molecule has 0 aliphatic carbocycles. The number of rotatable bonds is 0. The molecule has 1 heterocycles. The second-order valence-corrected chi connectivity index (χ2v) is 1.97. The number of hydrogen-bond acceptors (Lipinski definition) is 3. The zero-order valence-corrected chi connectivity index (χ0v) is 5.60. The van der Waals surface area contributed by atoms with Gasteiger partial charge < -0.3 is 10.7 Å². The predicted molar refractivity (Wildman–Crippen MR) is 39.4 cm³/mol. The van der Waals surface area contributed by atoms with E-state index in [4.69, 9.17) is 5.21 Å². The monoisotopic (exact) mass is 154 g/mol. The standard InChI is InChI=1S/C6H5N3O.H2O/c10-9-6-4-2-1-3-5(6)7-8-9;/h1-4,10H;1H2/p+1. The van der Waals surface area contributed by atoms with Crippen molar-refractivity contribution in [2.45, 2.75) is 0 Å². The smallest absolute Gasteiger partial charge is 0.412 e. The molecule has 0 amide bonds. The van der Waals surface area contributed by atoms with Gasteiger partial charge in [-0.05, 0) is 17.3 Å². The maximum Gasteiger partial charge on any atom is 1.00 e. The average Bonchev–Trinajstić information content (AvgIpc) is 2.34. The van der Waals surface area contributed by atoms with E-state index in [1.807, 2.05) is 12.1 Å². The van der Waals surface area contributed by atoms with Crippen LogP contribution in [0.5, 0.6) is 0 Å². The summed E-state index contributed by atoms with van der Waals surface area (Å²) in [6, 6.07) is 7.19. The Bertz CT molecular complexity index is 362. The zero-order chi connectivity index (χ0) is 6.97. The van der Waals surface area contributed by atoms with Gasteiger partial charge in [-0.2, -0.15) is 0 Å². The minimum Gasteiger partial charge on any atom is -0.412 e. The predicted octanol–water partition coefficient (Wildman–Crippen LogP) is -0.0436. The lowest BCUT2D eigenvalue weighted by Crippen LogP contribution is -1.90. The number of hydrogen-bond donors (Lipinski definition) is 1. The van der Waals surface area contributed by atoms with Gasteiger partial charge in [0, 0.05) is 0 Å². The van der Waals surface area contributed by atoms with Gasteiger partial charge in [0.1, 0.15) is 11.0 Å². The molecule has 2 aromatic rings. The lowest BCUT2D eigenvalue weighted by molar-refractivity contribution is 0.155. The number of benzene rings is 1. The molecule has 0 aliphatic heterocycles. The first-order valence-electron chi connectivity index (χ1n) is 2.87. The van der Waals surface area contributed by atoms with Crippen LogP contribution in [0, 0.1) is 0 Å². The first-order chi connectivity index (χ1) is 4.88. The van der Waals surface area contributed by atoms with E-state index in [-0.39, 0.29) is 6.90 Å². The van der Waals surface area contributed by atoms with Crippen molar-refractivity contribution in [3.63, 3.8) is 0 Å². The Kier molecular flexibility index (Phi) is 1.74. The topological polar surface area (TPSA) is 82.4 Å². The van der Waals surface area contributed by atoms with Gasteiger partial charge in [0.2, 0.25) is 0 Å². The normalized spacial score (nSPS) is 9.45. The van der Waals surface area contributed by atoms with E-state index in [1.165, 1.54) is 0 Å². The lowest BCUT2D eigenvalue weighted by Gasteiger charge is -1.85. The van der Waals surface area contributed by atoms with E-state index in [2.05, 4.69) is 10.3 Å². The van der Waals surface area contributed by atoms with Gasteiger partial charge in [0.25, 0.3) is 0 Å². The highest BCUT2D eigenvalue weighted by atomic mass is 16.5. The minimum atomic E-state index is 0. The van der Waals surface area contributed by atoms with Crippen molar-refractivity contribution >= 4 is 11.0 Å². The van der Waals surface area contributed by atoms with Gasteiger partial charge in [-0.3, -0.25) is 0 Å². The summed E-state index contributed by atoms with van der Waals surface area (Å²) in [5, 5.41) is 16.1. The van der Waals surface area contributed by atoms with E-state index in [0.717, 1.165) is 4.85 Å². The maximum absolute atomic E-state index is 8.95. The summed E-state index contributed by atoms with van der Waals surface area (Å²) < 4.78 is 0. The second-order valence-electron chi connectivity index (χ2n) is 1.97. The molecule has 0 bridgehead atoms. The van der Waals surface area contributed by atoms with Crippen LogP contribution in [0.1, 0.15) is 1.43 Å². The maximum atomic E-state index is 8.95. The molecule has 3 N–H and O–H groups in total. The van der Waals surface area contributed by atoms with E-state index < -0.39 is 0 Å². The number of para-hydroxylation sites is 1. The fourth-order valence-electron chi connectivity index (χ4n) is 0.857. The largest absolute Gasteiger partial charge is 1.00 e. The second kappa shape index (κ2) is 2.55. The van der Waals surface area contributed by atoms with Crippen molar-refractivity contribution in [2.24, 2.45) is 0 Å². The zero-order valence-electron chi connectivity index (χ0n) is 6.60. The Morgan fingerprint density at radius 3 is 2.82 bits per heavy atom. The van der Waals surface area contributed by atoms with Crippen LogP contribution in [-0.4, -0.2) is 25.8 Å². The van der Waals surface area contributed by atoms with Crippen LogP contribution in [0.4, 0.5) is 0 Å². The quantitative estimate of drug-likeness (QED) is 0.540. The first-order valence-corrected chi connectivity index (χ1v) is 2.87. The third kappa shape index (κ3) is 1.01. The molecule has 0 aliphatic rings. The van der Waals surface area contributed by atoms with E-state index in [9.17, 15) is 0 Å². The lowest BCUT2D eigenvalue weighted by atomic mass is 10.3. The highest BCUT2D eigenvalue weighted by Crippen LogP contribution is 2.06. The summed E-state index contributed by atoms with van der Waals surface area (Å²) in [7, 11) is 0. The molecule has 0 fully saturated rings. The van der Waals surface area contributed by atoms with Gasteiger partial charge in [0.05, 0.1) is 0 Å². The first kappa shape index (κ1) is 7.49. The molecule has 0 radical (unpaired) electrons. The van der Waals surface area contributed by atoms with Crippen molar-refractivity contribution in [3.05, 3.63) is 24.3 Å². The van der Waals surface area contributed by atoms with Crippen molar-refractivity contribution < 1.29 is 12.1 Å². The van der Waals surface area contributed by atoms with E-state index in [0.29, 0.717) is 11.0 Å². The molecule has 0 atom stereocenters. The molecular weight excluding hydrogens is 146 g/mol. The van der Waals surface area contributed by atoms with Gasteiger partial charge in [-0.1, -0.05) is 17.0 Å². The SMILES string of the molecule is O.On1nnc2ccccc21.[H+]. The minimum absolute atomic E-state index is 0. The van der Waals surface area contributed by atoms with Crippen LogP contribution >= 0.6 is 0 Å². The third-order valence-electron chi connectivity index (χ3n) is 1.33. The van der Waals surface area contributed by atoms with E-state index in [1.54, 1.807) is 12.1 Å². The van der Waals surface area contributed by atoms with Gasteiger partial charge in [-0.25, -0.2) is 0 Å². The molecular formula is C6H8N3O2+.